The van der Waals surface area contributed by atoms with E-state index in [2.05, 4.69) is 13.8 Å². The van der Waals surface area contributed by atoms with Crippen molar-refractivity contribution in [2.75, 3.05) is 52.7 Å². The minimum Gasteiger partial charge on any atom is -0.395 e. The van der Waals surface area contributed by atoms with E-state index in [4.69, 9.17) is 24.4 Å². The van der Waals surface area contributed by atoms with Crippen molar-refractivity contribution in [1.82, 2.24) is 4.90 Å². The molecular weight excluding hydrogens is 397 g/mol. The van der Waals surface area contributed by atoms with Gasteiger partial charge in [0.2, 0.25) is 0 Å². The molecule has 0 unspecified atom stereocenters. The summed E-state index contributed by atoms with van der Waals surface area (Å²) in [6.07, 6.45) is 10.9. The van der Waals surface area contributed by atoms with Gasteiger partial charge in [-0.2, -0.15) is 0 Å². The van der Waals surface area contributed by atoms with Crippen LogP contribution in [0.5, 0.6) is 0 Å². The van der Waals surface area contributed by atoms with Gasteiger partial charge in [0, 0.05) is 19.6 Å². The first-order chi connectivity index (χ1) is 14.0. The van der Waals surface area contributed by atoms with E-state index < -0.39 is 7.82 Å². The van der Waals surface area contributed by atoms with Crippen LogP contribution in [0.25, 0.3) is 0 Å². The average Bonchev–Trinajstić information content (AvgIpc) is 2.68. The summed E-state index contributed by atoms with van der Waals surface area (Å²) in [6.45, 7) is 6.70. The van der Waals surface area contributed by atoms with Crippen LogP contribution in [0, 0.1) is 0 Å². The van der Waals surface area contributed by atoms with Crippen molar-refractivity contribution in [2.45, 2.75) is 78.1 Å². The first kappa shape index (κ1) is 31.1. The van der Waals surface area contributed by atoms with E-state index in [1.54, 1.807) is 4.90 Å². The summed E-state index contributed by atoms with van der Waals surface area (Å²) < 4.78 is 21.4. The quantitative estimate of drug-likeness (QED) is 0.167. The molecular formula is C20H46NO7P. The van der Waals surface area contributed by atoms with E-state index in [1.807, 2.05) is 0 Å². The number of nitrogens with zero attached hydrogens (tertiary/aromatic N) is 1. The fraction of sp³-hybridized carbons (Fsp3) is 1.00. The normalized spacial score (nSPS) is 11.6. The van der Waals surface area contributed by atoms with Gasteiger partial charge in [0.05, 0.1) is 33.0 Å². The number of unbranched alkanes of at least 4 members (excludes halogenated alkanes) is 8. The SMILES string of the molecule is CCCCCCCOP(=O)(O)OCCCCCCC.OCCN(CCO)CCO. The fourth-order valence-electron chi connectivity index (χ4n) is 2.57. The van der Waals surface area contributed by atoms with Crippen LogP contribution in [0.15, 0.2) is 0 Å². The molecule has 0 rings (SSSR count). The highest BCUT2D eigenvalue weighted by atomic mass is 31.2. The zero-order valence-electron chi connectivity index (χ0n) is 18.6. The third-order valence-corrected chi connectivity index (χ3v) is 5.27. The molecule has 0 radical (unpaired) electrons. The number of hydrogen-bond acceptors (Lipinski definition) is 7. The molecule has 0 saturated carbocycles. The predicted octanol–water partition coefficient (Wildman–Crippen LogP) is 3.33. The third kappa shape index (κ3) is 25.9. The van der Waals surface area contributed by atoms with Crippen molar-refractivity contribution in [2.24, 2.45) is 0 Å². The van der Waals surface area contributed by atoms with Gasteiger partial charge in [0.1, 0.15) is 0 Å². The summed E-state index contributed by atoms with van der Waals surface area (Å²) in [4.78, 5) is 11.2. The van der Waals surface area contributed by atoms with E-state index >= 15 is 0 Å². The standard InChI is InChI=1S/C14H31O4P.C6H15NO3/c1-3-5-7-9-11-13-17-19(15,16)18-14-12-10-8-6-4-2;8-4-1-7(2-5-9)3-6-10/h3-14H2,1-2H3,(H,15,16);8-10H,1-6H2. The molecule has 0 atom stereocenters. The first-order valence-corrected chi connectivity index (χ1v) is 12.6. The van der Waals surface area contributed by atoms with Crippen molar-refractivity contribution in [3.05, 3.63) is 0 Å². The Hall–Kier alpha value is -0.0500. The highest BCUT2D eigenvalue weighted by Gasteiger charge is 2.19. The van der Waals surface area contributed by atoms with Gasteiger partial charge in [-0.1, -0.05) is 65.2 Å². The maximum Gasteiger partial charge on any atom is 0.472 e. The van der Waals surface area contributed by atoms with E-state index in [0.717, 1.165) is 38.5 Å². The molecule has 0 amide bonds. The van der Waals surface area contributed by atoms with Gasteiger partial charge >= 0.3 is 7.82 Å². The van der Waals surface area contributed by atoms with Crippen LogP contribution in [0.3, 0.4) is 0 Å². The number of rotatable bonds is 20. The summed E-state index contributed by atoms with van der Waals surface area (Å²) in [6, 6.07) is 0. The molecule has 0 heterocycles. The molecule has 29 heavy (non-hydrogen) atoms. The highest BCUT2D eigenvalue weighted by molar-refractivity contribution is 7.47. The second-order valence-electron chi connectivity index (χ2n) is 6.98. The molecule has 0 aliphatic heterocycles. The largest absolute Gasteiger partial charge is 0.472 e. The van der Waals surface area contributed by atoms with Gasteiger partial charge in [-0.05, 0) is 12.8 Å². The summed E-state index contributed by atoms with van der Waals surface area (Å²) in [5.41, 5.74) is 0. The maximum absolute atomic E-state index is 11.5. The lowest BCUT2D eigenvalue weighted by Crippen LogP contribution is -2.32. The molecule has 0 fully saturated rings. The lowest BCUT2D eigenvalue weighted by molar-refractivity contribution is 0.136. The van der Waals surface area contributed by atoms with Crippen LogP contribution < -0.4 is 0 Å². The maximum atomic E-state index is 11.5. The minimum atomic E-state index is -3.80. The van der Waals surface area contributed by atoms with Crippen LogP contribution in [0.1, 0.15) is 78.1 Å². The molecule has 0 bridgehead atoms. The first-order valence-electron chi connectivity index (χ1n) is 11.1. The molecule has 0 aliphatic rings. The lowest BCUT2D eigenvalue weighted by atomic mass is 10.2. The number of phosphoric acid groups is 1. The van der Waals surface area contributed by atoms with Crippen LogP contribution in [0.2, 0.25) is 0 Å². The molecule has 0 aromatic heterocycles. The van der Waals surface area contributed by atoms with E-state index in [9.17, 15) is 9.46 Å². The number of aliphatic hydroxyl groups excluding tert-OH is 3. The zero-order valence-corrected chi connectivity index (χ0v) is 19.5. The van der Waals surface area contributed by atoms with Gasteiger partial charge in [-0.15, -0.1) is 0 Å². The molecule has 8 nitrogen and oxygen atoms in total. The van der Waals surface area contributed by atoms with E-state index in [1.165, 1.54) is 25.7 Å². The minimum absolute atomic E-state index is 0.0694. The monoisotopic (exact) mass is 443 g/mol. The third-order valence-electron chi connectivity index (χ3n) is 4.25. The number of aliphatic hydroxyl groups is 3. The molecule has 4 N–H and O–H groups in total. The Bertz CT molecular complexity index is 327. The van der Waals surface area contributed by atoms with Crippen LogP contribution in [-0.2, 0) is 13.6 Å². The Balaban J connectivity index is 0. The fourth-order valence-corrected chi connectivity index (χ4v) is 3.36. The average molecular weight is 444 g/mol. The summed E-state index contributed by atoms with van der Waals surface area (Å²) in [5, 5.41) is 25.5. The van der Waals surface area contributed by atoms with Gasteiger partial charge < -0.3 is 20.2 Å². The molecule has 0 aromatic carbocycles. The smallest absolute Gasteiger partial charge is 0.395 e. The second-order valence-corrected chi connectivity index (χ2v) is 8.43. The van der Waals surface area contributed by atoms with Crippen molar-refractivity contribution >= 4 is 7.82 Å². The highest BCUT2D eigenvalue weighted by Crippen LogP contribution is 2.43. The van der Waals surface area contributed by atoms with Gasteiger partial charge in [0.15, 0.2) is 0 Å². The zero-order chi connectivity index (χ0) is 22.2. The van der Waals surface area contributed by atoms with Gasteiger partial charge in [-0.3, -0.25) is 13.9 Å². The molecule has 0 saturated heterocycles. The van der Waals surface area contributed by atoms with Gasteiger partial charge in [0.25, 0.3) is 0 Å². The summed E-state index contributed by atoms with van der Waals surface area (Å²) in [5.74, 6) is 0. The predicted molar refractivity (Wildman–Crippen MR) is 117 cm³/mol. The molecule has 9 heteroatoms. The molecule has 0 aromatic rings. The number of phosphoric ester groups is 1. The summed E-state index contributed by atoms with van der Waals surface area (Å²) in [7, 11) is -3.80. The van der Waals surface area contributed by atoms with Gasteiger partial charge in [-0.25, -0.2) is 4.57 Å². The van der Waals surface area contributed by atoms with Crippen molar-refractivity contribution in [1.29, 1.82) is 0 Å². The number of hydrogen-bond donors (Lipinski definition) is 4. The van der Waals surface area contributed by atoms with E-state index in [0.29, 0.717) is 32.8 Å². The molecule has 0 aliphatic carbocycles. The Labute approximate surface area is 177 Å². The Morgan fingerprint density at radius 2 is 1.00 bits per heavy atom. The van der Waals surface area contributed by atoms with Crippen LogP contribution in [-0.4, -0.2) is 77.8 Å². The Morgan fingerprint density at radius 3 is 1.31 bits per heavy atom. The van der Waals surface area contributed by atoms with Crippen molar-refractivity contribution in [3.63, 3.8) is 0 Å². The molecule has 178 valence electrons. The topological polar surface area (TPSA) is 120 Å². The van der Waals surface area contributed by atoms with Crippen LogP contribution >= 0.6 is 7.82 Å². The van der Waals surface area contributed by atoms with Crippen molar-refractivity contribution < 1.29 is 33.8 Å². The van der Waals surface area contributed by atoms with Crippen LogP contribution in [0.4, 0.5) is 0 Å². The lowest BCUT2D eigenvalue weighted by Gasteiger charge is -2.17. The Morgan fingerprint density at radius 1 is 0.655 bits per heavy atom. The summed E-state index contributed by atoms with van der Waals surface area (Å²) >= 11 is 0. The Kier molecular flexibility index (Phi) is 26.0. The van der Waals surface area contributed by atoms with Crippen molar-refractivity contribution in [3.8, 4) is 0 Å². The molecule has 0 spiro atoms. The van der Waals surface area contributed by atoms with E-state index in [-0.39, 0.29) is 19.8 Å². The second kappa shape index (κ2) is 24.2.